The molecule has 3 fully saturated rings. The smallest absolute Gasteiger partial charge is 0.387 e. The second-order valence-electron chi connectivity index (χ2n) is 17.2. The molecule has 0 aromatic carbocycles. The molecule has 0 saturated carbocycles. The van der Waals surface area contributed by atoms with Crippen LogP contribution in [0, 0.1) is 0 Å². The topological polar surface area (TPSA) is 589 Å². The van der Waals surface area contributed by atoms with E-state index in [4.69, 9.17) is 58.6 Å². The van der Waals surface area contributed by atoms with Crippen LogP contribution in [-0.2, 0) is 80.1 Å². The Morgan fingerprint density at radius 1 is 0.696 bits per heavy atom. The molecule has 0 radical (unpaired) electrons. The van der Waals surface area contributed by atoms with Gasteiger partial charge in [0.05, 0.1) is 43.2 Å². The van der Waals surface area contributed by atoms with E-state index in [1.54, 1.807) is 0 Å². The molecule has 0 aliphatic carbocycles. The highest BCUT2D eigenvalue weighted by molar-refractivity contribution is 7.70. The number of hydrogen-bond acceptors (Lipinski definition) is 30. The number of ether oxygens (including phenoxy) is 5. The molecule has 0 amide bonds. The molecule has 16 N–H and O–H groups in total. The first-order valence-corrected chi connectivity index (χ1v) is 29.7. The molecule has 79 heavy (non-hydrogen) atoms. The molecule has 9 rings (SSSR count). The minimum Gasteiger partial charge on any atom is -0.387 e. The maximum absolute atomic E-state index is 13.7. The molecule has 6 aromatic rings. The number of aliphatic hydroxyl groups is 3. The van der Waals surface area contributed by atoms with Crippen LogP contribution in [0.4, 0.5) is 17.7 Å². The highest BCUT2D eigenvalue weighted by Gasteiger charge is 2.55. The second-order valence-corrected chi connectivity index (χ2v) is 25.2. The maximum atomic E-state index is 13.7. The summed E-state index contributed by atoms with van der Waals surface area (Å²) in [5.74, 6) is -0.890. The van der Waals surface area contributed by atoms with Crippen LogP contribution in [0.1, 0.15) is 22.8 Å². The van der Waals surface area contributed by atoms with E-state index in [2.05, 4.69) is 52.8 Å². The van der Waals surface area contributed by atoms with E-state index < -0.39 is 156 Å². The van der Waals surface area contributed by atoms with Gasteiger partial charge in [0, 0.05) is 14.1 Å². The summed E-state index contributed by atoms with van der Waals surface area (Å²) >= 11 is 0. The lowest BCUT2D eigenvalue weighted by Gasteiger charge is -2.26. The van der Waals surface area contributed by atoms with Crippen LogP contribution in [0.2, 0.25) is 0 Å². The van der Waals surface area contributed by atoms with Crippen molar-refractivity contribution in [3.63, 3.8) is 0 Å². The van der Waals surface area contributed by atoms with E-state index in [1.165, 1.54) is 17.9 Å². The quantitative estimate of drug-likeness (QED) is 0.0242. The number of phosphoric acid groups is 4. The van der Waals surface area contributed by atoms with Crippen LogP contribution in [-0.4, -0.2) is 182 Å². The average Bonchev–Trinajstić information content (AvgIpc) is 4.41. The van der Waals surface area contributed by atoms with E-state index in [0.29, 0.717) is 0 Å². The number of anilines is 3. The van der Waals surface area contributed by atoms with Crippen LogP contribution >= 0.6 is 38.9 Å². The van der Waals surface area contributed by atoms with E-state index in [-0.39, 0.29) is 45.3 Å². The normalized spacial score (nSPS) is 31.1. The highest BCUT2D eigenvalue weighted by Crippen LogP contribution is 2.72. The van der Waals surface area contributed by atoms with Gasteiger partial charge in [-0.3, -0.25) is 51.4 Å². The predicted molar refractivity (Wildman–Crippen MR) is 254 cm³/mol. The lowest BCUT2D eigenvalue weighted by molar-refractivity contribution is -0.745. The predicted octanol–water partition coefficient (Wildman–Crippen LogP) is -3.87. The third kappa shape index (κ3) is 12.0. The van der Waals surface area contributed by atoms with Crippen molar-refractivity contribution in [2.75, 3.05) is 50.7 Å². The molecule has 3 aliphatic rings. The fourth-order valence-electron chi connectivity index (χ4n) is 8.68. The number of phosphoric ester groups is 2. The molecule has 3 aliphatic heterocycles. The SMILES string of the molecule is [2H]C([2H])([2H])O[C@@H]1C(O)[C@H]([n+]2cn(C)c3c(=O)[nH]c(N)nc32)O[C@@H]1COP(=O)(O)OP(=O)(O)OP(=O)(O)OP(=O)(O)C[C@H]1O[C@@H](n2cnc3c(N)ncnc32)[C@@H](OC)C1OP(=O)(O)OC[C@H]1O[C@@H](n2cnc3c(=O)[nH]c(N)nc32)[C@@H](O)C1O. The van der Waals surface area contributed by atoms with Gasteiger partial charge in [0.25, 0.3) is 17.1 Å². The number of aromatic amines is 2. The third-order valence-corrected chi connectivity index (χ3v) is 19.3. The summed E-state index contributed by atoms with van der Waals surface area (Å²) in [6.07, 6.45) is -19.4. The largest absolute Gasteiger partial charge is 0.490 e. The van der Waals surface area contributed by atoms with Crippen molar-refractivity contribution in [1.29, 1.82) is 0 Å². The van der Waals surface area contributed by atoms with Gasteiger partial charge in [-0.1, -0.05) is 4.98 Å². The molecule has 9 heterocycles. The van der Waals surface area contributed by atoms with E-state index in [9.17, 15) is 72.2 Å². The zero-order valence-corrected chi connectivity index (χ0v) is 44.2. The van der Waals surface area contributed by atoms with Gasteiger partial charge < -0.3 is 80.7 Å². The Balaban J connectivity index is 0.882. The van der Waals surface area contributed by atoms with Gasteiger partial charge in [0.15, 0.2) is 41.4 Å². The lowest BCUT2D eigenvalue weighted by Crippen LogP contribution is -2.46. The number of rotatable bonds is 21. The summed E-state index contributed by atoms with van der Waals surface area (Å²) in [6, 6.07) is 0. The monoisotopic (exact) mass is 1230 g/mol. The molecular weight excluding hydrogens is 1180 g/mol. The van der Waals surface area contributed by atoms with Gasteiger partial charge in [-0.05, 0) is 0 Å². The fourth-order valence-corrected chi connectivity index (χ4v) is 15.3. The molecule has 0 spiro atoms. The van der Waals surface area contributed by atoms with Crippen molar-refractivity contribution in [3.8, 4) is 0 Å². The number of hydrogen-bond donors (Lipinski definition) is 13. The molecule has 8 unspecified atom stereocenters. The Morgan fingerprint density at radius 2 is 1.32 bits per heavy atom. The summed E-state index contributed by atoms with van der Waals surface area (Å²) in [4.78, 5) is 107. The second kappa shape index (κ2) is 21.7. The first kappa shape index (κ1) is 54.6. The van der Waals surface area contributed by atoms with Crippen molar-refractivity contribution in [3.05, 3.63) is 46.0 Å². The van der Waals surface area contributed by atoms with Gasteiger partial charge in [0.2, 0.25) is 17.7 Å². The van der Waals surface area contributed by atoms with Crippen LogP contribution in [0.5, 0.6) is 0 Å². The highest BCUT2D eigenvalue weighted by atomic mass is 31.3. The fraction of sp³-hybridized carbons (Fsp3) is 0.545. The van der Waals surface area contributed by atoms with Crippen molar-refractivity contribution in [2.45, 2.75) is 73.6 Å². The Hall–Kier alpha value is -4.96. The van der Waals surface area contributed by atoms with Crippen LogP contribution in [0.25, 0.3) is 33.5 Å². The van der Waals surface area contributed by atoms with Gasteiger partial charge in [-0.2, -0.15) is 13.6 Å². The molecule has 0 bridgehead atoms. The number of nitrogens with one attached hydrogen (secondary N) is 2. The molecule has 434 valence electrons. The summed E-state index contributed by atoms with van der Waals surface area (Å²) in [5.41, 5.74) is 14.9. The molecule has 3 saturated heterocycles. The molecular formula is C33H47N15O26P5+. The van der Waals surface area contributed by atoms with Gasteiger partial charge >= 0.3 is 44.5 Å². The van der Waals surface area contributed by atoms with E-state index in [0.717, 1.165) is 39.8 Å². The zero-order valence-electron chi connectivity index (χ0n) is 42.7. The van der Waals surface area contributed by atoms with E-state index >= 15 is 0 Å². The summed E-state index contributed by atoms with van der Waals surface area (Å²) in [6.45, 7) is -2.41. The van der Waals surface area contributed by atoms with Crippen molar-refractivity contribution in [2.24, 2.45) is 7.05 Å². The number of methoxy groups -OCH3 is 2. The molecule has 41 nitrogen and oxygen atoms in total. The number of nitrogen functional groups attached to an aromatic ring is 3. The Morgan fingerprint density at radius 3 is 2.03 bits per heavy atom. The van der Waals surface area contributed by atoms with Gasteiger partial charge in [-0.25, -0.2) is 47.1 Å². The lowest BCUT2D eigenvalue weighted by atomic mass is 10.1. The number of H-pyrrole nitrogens is 2. The molecule has 46 heteroatoms. The number of aromatic nitrogens is 12. The minimum atomic E-state index is -6.50. The van der Waals surface area contributed by atoms with Gasteiger partial charge in [0.1, 0.15) is 66.8 Å². The number of nitrogens with zero attached hydrogens (tertiary/aromatic N) is 10. The molecule has 6 aromatic heterocycles. The molecule has 17 atom stereocenters. The number of aliphatic hydroxyl groups excluding tert-OH is 3. The first-order chi connectivity index (χ1) is 38.1. The van der Waals surface area contributed by atoms with Crippen molar-refractivity contribution in [1.82, 2.24) is 53.6 Å². The van der Waals surface area contributed by atoms with Crippen LogP contribution in [0.3, 0.4) is 0 Å². The standard InChI is InChI=1S/C33H46N15O26P5/c1-45-10-48(26-16(45)28(53)44-33(36)42-26)30-19(51)20(64-2)12(69-30)5-67-77(58,59)73-79(62,63)74-78(60,61)72-75(54,55)6-13-21(22(65-3)31(70-13)46-8-39-14-23(34)37-7-38-24(14)46)71-76(56,57)66-4-11-17(49)18(50)29(68-11)47-9-40-15-25(47)41-32(35)43-27(15)52/h7-13,17-22,29-31,49-51H,4-6H2,1-3H3,(H12-,34,35,36,37,38,41,42,43,44,52,53,54,55,56,57,58,59,60,61,62,63)/p+1/t11-,12-,13-,17?,18+,19?,20+,21?,22+,29-,30-,31-/m1/s1/i2D3. The Bertz CT molecular complexity index is 3800. The number of imidazole rings is 3. The average molecular weight is 1230 g/mol. The minimum absolute atomic E-state index is 0.0304. The van der Waals surface area contributed by atoms with Crippen LogP contribution < -0.4 is 32.9 Å². The summed E-state index contributed by atoms with van der Waals surface area (Å²) in [7, 11) is -31.5. The van der Waals surface area contributed by atoms with E-state index in [1.807, 2.05) is 0 Å². The first-order valence-electron chi connectivity index (χ1n) is 23.4. The summed E-state index contributed by atoms with van der Waals surface area (Å²) < 4.78 is 149. The third-order valence-electron chi connectivity index (χ3n) is 11.9. The summed E-state index contributed by atoms with van der Waals surface area (Å²) in [5, 5.41) is 32.9. The maximum Gasteiger partial charge on any atom is 0.490 e. The van der Waals surface area contributed by atoms with Crippen molar-refractivity contribution < 1.29 is 121 Å². The van der Waals surface area contributed by atoms with Gasteiger partial charge in [-0.15, -0.1) is 0 Å². The van der Waals surface area contributed by atoms with Crippen molar-refractivity contribution >= 4 is 90.1 Å². The number of aryl methyl sites for hydroxylation is 1. The zero-order chi connectivity index (χ0) is 60.0. The number of nitrogens with two attached hydrogens (primary N) is 3. The number of fused-ring (bicyclic) bond motifs is 3. The Kier molecular flexibility index (Phi) is 15.0. The van der Waals surface area contributed by atoms with Crippen LogP contribution in [0.15, 0.2) is 34.9 Å². The Labute approximate surface area is 441 Å².